The molecule has 0 aliphatic carbocycles. The predicted molar refractivity (Wildman–Crippen MR) is 89.9 cm³/mol. The number of hydrogen-bond acceptors (Lipinski definition) is 2. The van der Waals surface area contributed by atoms with Crippen LogP contribution in [0, 0.1) is 13.8 Å². The van der Waals surface area contributed by atoms with Crippen LogP contribution in [0.15, 0.2) is 40.9 Å². The van der Waals surface area contributed by atoms with Gasteiger partial charge in [-0.25, -0.2) is 0 Å². The van der Waals surface area contributed by atoms with Crippen LogP contribution in [0.3, 0.4) is 0 Å². The van der Waals surface area contributed by atoms with Gasteiger partial charge in [0.15, 0.2) is 0 Å². The monoisotopic (exact) mass is 348 g/mol. The number of aliphatic hydroxyl groups is 1. The fourth-order valence-electron chi connectivity index (χ4n) is 2.87. The summed E-state index contributed by atoms with van der Waals surface area (Å²) in [5.74, 6) is 0.745. The van der Waals surface area contributed by atoms with Crippen molar-refractivity contribution in [3.05, 3.63) is 63.1 Å². The first-order valence-electron chi connectivity index (χ1n) is 6.96. The van der Waals surface area contributed by atoms with Gasteiger partial charge in [-0.3, -0.25) is 0 Å². The summed E-state index contributed by atoms with van der Waals surface area (Å²) in [6.07, 6.45) is 0.542. The Kier molecular flexibility index (Phi) is 4.74. The molecule has 2 rings (SSSR count). The molecule has 3 heteroatoms. The molecule has 0 radical (unpaired) electrons. The Bertz CT molecular complexity index is 630. The second-order valence-corrected chi connectivity index (χ2v) is 6.65. The van der Waals surface area contributed by atoms with Crippen LogP contribution in [0.5, 0.6) is 5.75 Å². The summed E-state index contributed by atoms with van der Waals surface area (Å²) in [5.41, 5.74) is 3.15. The molecule has 21 heavy (non-hydrogen) atoms. The van der Waals surface area contributed by atoms with E-state index in [2.05, 4.69) is 22.0 Å². The number of methoxy groups -OCH3 is 1. The number of hydrogen-bond donors (Lipinski definition) is 1. The van der Waals surface area contributed by atoms with Crippen molar-refractivity contribution < 1.29 is 9.84 Å². The lowest BCUT2D eigenvalue weighted by Gasteiger charge is -2.28. The lowest BCUT2D eigenvalue weighted by Crippen LogP contribution is -2.26. The van der Waals surface area contributed by atoms with E-state index in [1.165, 1.54) is 0 Å². The Hall–Kier alpha value is -1.32. The fourth-order valence-corrected chi connectivity index (χ4v) is 3.13. The third-order valence-corrected chi connectivity index (χ3v) is 4.19. The SMILES string of the molecule is COc1cc(C)cc(C)c1C(C)(O)Cc1ccc(Br)cc1. The van der Waals surface area contributed by atoms with E-state index in [-0.39, 0.29) is 0 Å². The molecule has 1 N–H and O–H groups in total. The molecule has 2 nitrogen and oxygen atoms in total. The zero-order valence-electron chi connectivity index (χ0n) is 12.9. The minimum atomic E-state index is -0.975. The van der Waals surface area contributed by atoms with Crippen LogP contribution >= 0.6 is 15.9 Å². The third kappa shape index (κ3) is 3.66. The van der Waals surface area contributed by atoms with E-state index in [1.807, 2.05) is 51.1 Å². The average Bonchev–Trinajstić information content (AvgIpc) is 2.39. The van der Waals surface area contributed by atoms with Gasteiger partial charge in [-0.15, -0.1) is 0 Å². The molecular weight excluding hydrogens is 328 g/mol. The van der Waals surface area contributed by atoms with Gasteiger partial charge < -0.3 is 9.84 Å². The van der Waals surface area contributed by atoms with Gasteiger partial charge in [0.05, 0.1) is 12.7 Å². The highest BCUT2D eigenvalue weighted by Gasteiger charge is 2.29. The maximum atomic E-state index is 11.0. The molecule has 2 aromatic carbocycles. The molecule has 0 spiro atoms. The lowest BCUT2D eigenvalue weighted by atomic mass is 9.85. The van der Waals surface area contributed by atoms with E-state index in [0.717, 1.165) is 32.5 Å². The second kappa shape index (κ2) is 6.20. The van der Waals surface area contributed by atoms with Gasteiger partial charge in [0.25, 0.3) is 0 Å². The van der Waals surface area contributed by atoms with Gasteiger partial charge in [-0.2, -0.15) is 0 Å². The molecule has 0 aliphatic rings. The Morgan fingerprint density at radius 2 is 1.76 bits per heavy atom. The summed E-state index contributed by atoms with van der Waals surface area (Å²) < 4.78 is 6.52. The van der Waals surface area contributed by atoms with Crippen LogP contribution in [0.4, 0.5) is 0 Å². The van der Waals surface area contributed by atoms with Crippen LogP contribution < -0.4 is 4.74 Å². The highest BCUT2D eigenvalue weighted by Crippen LogP contribution is 2.36. The minimum Gasteiger partial charge on any atom is -0.496 e. The lowest BCUT2D eigenvalue weighted by molar-refractivity contribution is 0.0543. The first kappa shape index (κ1) is 16.1. The molecule has 1 unspecified atom stereocenters. The number of aryl methyl sites for hydroxylation is 2. The number of halogens is 1. The molecule has 0 aliphatic heterocycles. The maximum absolute atomic E-state index is 11.0. The summed E-state index contributed by atoms with van der Waals surface area (Å²) in [6.45, 7) is 5.89. The third-order valence-electron chi connectivity index (χ3n) is 3.66. The van der Waals surface area contributed by atoms with Crippen molar-refractivity contribution in [2.75, 3.05) is 7.11 Å². The second-order valence-electron chi connectivity index (χ2n) is 5.74. The zero-order valence-corrected chi connectivity index (χ0v) is 14.5. The zero-order chi connectivity index (χ0) is 15.6. The molecule has 2 aromatic rings. The van der Waals surface area contributed by atoms with E-state index >= 15 is 0 Å². The summed E-state index contributed by atoms with van der Waals surface area (Å²) in [6, 6.07) is 12.1. The Balaban J connectivity index is 2.41. The van der Waals surface area contributed by atoms with Crippen LogP contribution in [0.2, 0.25) is 0 Å². The van der Waals surface area contributed by atoms with Crippen molar-refractivity contribution in [3.8, 4) is 5.75 Å². The summed E-state index contributed by atoms with van der Waals surface area (Å²) >= 11 is 3.43. The quantitative estimate of drug-likeness (QED) is 0.879. The van der Waals surface area contributed by atoms with E-state index in [0.29, 0.717) is 6.42 Å². The van der Waals surface area contributed by atoms with Crippen molar-refractivity contribution >= 4 is 15.9 Å². The minimum absolute atomic E-state index is 0.542. The normalized spacial score (nSPS) is 13.8. The average molecular weight is 349 g/mol. The number of ether oxygens (including phenoxy) is 1. The molecule has 0 saturated carbocycles. The highest BCUT2D eigenvalue weighted by molar-refractivity contribution is 9.10. The molecular formula is C18H21BrO2. The molecule has 0 saturated heterocycles. The van der Waals surface area contributed by atoms with Crippen molar-refractivity contribution in [3.63, 3.8) is 0 Å². The first-order valence-corrected chi connectivity index (χ1v) is 7.75. The van der Waals surface area contributed by atoms with Gasteiger partial charge >= 0.3 is 0 Å². The predicted octanol–water partition coefficient (Wildman–Crippen LogP) is 4.52. The van der Waals surface area contributed by atoms with E-state index < -0.39 is 5.60 Å². The van der Waals surface area contributed by atoms with Crippen molar-refractivity contribution in [1.29, 1.82) is 0 Å². The highest BCUT2D eigenvalue weighted by atomic mass is 79.9. The molecule has 112 valence electrons. The maximum Gasteiger partial charge on any atom is 0.125 e. The van der Waals surface area contributed by atoms with Gasteiger partial charge in [0.1, 0.15) is 5.75 Å². The summed E-state index contributed by atoms with van der Waals surface area (Å²) in [4.78, 5) is 0. The molecule has 1 atom stereocenters. The standard InChI is InChI=1S/C18H21BrO2/c1-12-9-13(2)17(16(10-12)21-4)18(3,20)11-14-5-7-15(19)8-6-14/h5-10,20H,11H2,1-4H3. The van der Waals surface area contributed by atoms with E-state index in [1.54, 1.807) is 7.11 Å². The van der Waals surface area contributed by atoms with E-state index in [4.69, 9.17) is 4.74 Å². The number of benzene rings is 2. The Morgan fingerprint density at radius 1 is 1.14 bits per heavy atom. The van der Waals surface area contributed by atoms with Gasteiger partial charge in [0.2, 0.25) is 0 Å². The number of rotatable bonds is 4. The largest absolute Gasteiger partial charge is 0.496 e. The molecule has 0 fully saturated rings. The van der Waals surface area contributed by atoms with Crippen molar-refractivity contribution in [1.82, 2.24) is 0 Å². The molecule has 0 amide bonds. The van der Waals surface area contributed by atoms with Crippen LogP contribution in [-0.2, 0) is 12.0 Å². The van der Waals surface area contributed by atoms with Crippen molar-refractivity contribution in [2.45, 2.75) is 32.8 Å². The fraction of sp³-hybridized carbons (Fsp3) is 0.333. The van der Waals surface area contributed by atoms with Gasteiger partial charge in [0, 0.05) is 16.5 Å². The summed E-state index contributed by atoms with van der Waals surface area (Å²) in [5, 5.41) is 11.0. The topological polar surface area (TPSA) is 29.5 Å². The molecule has 0 bridgehead atoms. The molecule has 0 heterocycles. The Labute approximate surface area is 134 Å². The molecule has 0 aromatic heterocycles. The van der Waals surface area contributed by atoms with E-state index in [9.17, 15) is 5.11 Å². The van der Waals surface area contributed by atoms with Gasteiger partial charge in [-0.05, 0) is 55.7 Å². The smallest absolute Gasteiger partial charge is 0.125 e. The van der Waals surface area contributed by atoms with Crippen LogP contribution in [0.1, 0.15) is 29.2 Å². The van der Waals surface area contributed by atoms with Crippen molar-refractivity contribution in [2.24, 2.45) is 0 Å². The van der Waals surface area contributed by atoms with Crippen LogP contribution in [-0.4, -0.2) is 12.2 Å². The van der Waals surface area contributed by atoms with Crippen LogP contribution in [0.25, 0.3) is 0 Å². The Morgan fingerprint density at radius 3 is 2.33 bits per heavy atom. The first-order chi connectivity index (χ1) is 9.83. The van der Waals surface area contributed by atoms with Gasteiger partial charge in [-0.1, -0.05) is 34.1 Å². The summed E-state index contributed by atoms with van der Waals surface area (Å²) in [7, 11) is 1.65.